The van der Waals surface area contributed by atoms with Gasteiger partial charge >= 0.3 is 6.18 Å². The maximum Gasteiger partial charge on any atom is 0.416 e. The van der Waals surface area contributed by atoms with Crippen molar-refractivity contribution in [1.82, 2.24) is 29.5 Å². The zero-order valence-corrected chi connectivity index (χ0v) is 24.6. The van der Waals surface area contributed by atoms with Gasteiger partial charge in [-0.1, -0.05) is 23.6 Å². The summed E-state index contributed by atoms with van der Waals surface area (Å²) in [5.41, 5.74) is 6.89. The molecule has 1 fully saturated rings. The summed E-state index contributed by atoms with van der Waals surface area (Å²) in [4.78, 5) is 25.6. The second-order valence-corrected chi connectivity index (χ2v) is 11.1. The van der Waals surface area contributed by atoms with Crippen LogP contribution in [0.15, 0.2) is 42.7 Å². The van der Waals surface area contributed by atoms with Crippen LogP contribution in [-0.4, -0.2) is 68.7 Å². The van der Waals surface area contributed by atoms with Crippen molar-refractivity contribution in [2.24, 2.45) is 0 Å². The molecular weight excluding hydrogens is 581 g/mol. The first-order chi connectivity index (χ1) is 20.4. The van der Waals surface area contributed by atoms with Crippen molar-refractivity contribution in [3.8, 4) is 11.8 Å². The normalized spacial score (nSPS) is 14.6. The Labute approximate surface area is 251 Å². The number of carbonyl (C=O) groups excluding carboxylic acids is 1. The summed E-state index contributed by atoms with van der Waals surface area (Å²) in [7, 11) is 1.99. The van der Waals surface area contributed by atoms with Gasteiger partial charge in [-0.15, -0.1) is 0 Å². The minimum absolute atomic E-state index is 0.0123. The van der Waals surface area contributed by atoms with Crippen LogP contribution in [0.25, 0.3) is 11.0 Å². The molecule has 1 saturated heterocycles. The zero-order valence-electron chi connectivity index (χ0n) is 23.8. The number of nitrogen functional groups attached to an aromatic ring is 1. The number of piperazine rings is 1. The molecule has 0 bridgehead atoms. The zero-order chi connectivity index (χ0) is 30.9. The number of likely N-dealkylation sites (N-methyl/N-ethyl adjacent to an activating group) is 1. The number of hydrogen-bond acceptors (Lipinski definition) is 7. The monoisotopic (exact) mass is 610 g/mol. The third-order valence-corrected chi connectivity index (χ3v) is 7.54. The number of benzene rings is 2. The molecule has 9 nitrogen and oxygen atoms in total. The van der Waals surface area contributed by atoms with Gasteiger partial charge in [-0.25, -0.2) is 14.6 Å². The Bertz CT molecular complexity index is 1730. The average molecular weight is 611 g/mol. The van der Waals surface area contributed by atoms with Crippen LogP contribution in [0.3, 0.4) is 0 Å². The van der Waals surface area contributed by atoms with Crippen LogP contribution in [0, 0.1) is 11.8 Å². The lowest BCUT2D eigenvalue weighted by molar-refractivity contribution is -0.138. The molecule has 2 aromatic heterocycles. The van der Waals surface area contributed by atoms with Gasteiger partial charge in [0.05, 0.1) is 16.0 Å². The number of nitrogens with one attached hydrogen (secondary N) is 1. The molecule has 3 heterocycles. The molecule has 224 valence electrons. The molecule has 0 saturated carbocycles. The number of hydrogen-bond donors (Lipinski definition) is 2. The molecule has 1 aliphatic rings. The first-order valence-corrected chi connectivity index (χ1v) is 14.0. The highest BCUT2D eigenvalue weighted by Crippen LogP contribution is 2.35. The second-order valence-electron chi connectivity index (χ2n) is 10.7. The van der Waals surface area contributed by atoms with E-state index in [0.717, 1.165) is 19.2 Å². The lowest BCUT2D eigenvalue weighted by Crippen LogP contribution is -2.44. The Morgan fingerprint density at radius 3 is 2.53 bits per heavy atom. The summed E-state index contributed by atoms with van der Waals surface area (Å²) in [6.07, 6.45) is -3.22. The van der Waals surface area contributed by atoms with Gasteiger partial charge in [0.1, 0.15) is 17.8 Å². The van der Waals surface area contributed by atoms with E-state index in [2.05, 4.69) is 37.1 Å². The molecule has 43 heavy (non-hydrogen) atoms. The number of rotatable bonds is 5. The van der Waals surface area contributed by atoms with E-state index in [1.165, 1.54) is 36.7 Å². The molecule has 1 aliphatic heterocycles. The fraction of sp³-hybridized carbons (Fsp3) is 0.333. The first-order valence-electron chi connectivity index (χ1n) is 13.6. The van der Waals surface area contributed by atoms with Crippen molar-refractivity contribution in [2.45, 2.75) is 32.6 Å². The standard InChI is InChI=1S/C30H30ClF3N8O/c1-18(2)42-28-26(27(35)36-17-37-28)25(39-42)9-6-19-14-20(5-8-24(19)31)29(43)38-22-7-4-21(23(15-22)30(32,33)34)16-41-12-10-40(3)11-13-41/h4-5,7-8,14-15,17-18H,10-13,16H2,1-3H3,(H,38,43)(H2,35,36,37). The summed E-state index contributed by atoms with van der Waals surface area (Å²) >= 11 is 6.37. The number of fused-ring (bicyclic) bond motifs is 1. The number of anilines is 2. The third-order valence-electron chi connectivity index (χ3n) is 7.21. The van der Waals surface area contributed by atoms with E-state index >= 15 is 0 Å². The molecule has 13 heteroatoms. The minimum atomic E-state index is -4.58. The van der Waals surface area contributed by atoms with Gasteiger partial charge in [-0.2, -0.15) is 18.3 Å². The van der Waals surface area contributed by atoms with Gasteiger partial charge in [0, 0.05) is 55.6 Å². The van der Waals surface area contributed by atoms with Gasteiger partial charge in [0.2, 0.25) is 0 Å². The van der Waals surface area contributed by atoms with Crippen LogP contribution < -0.4 is 11.1 Å². The van der Waals surface area contributed by atoms with Crippen molar-refractivity contribution in [1.29, 1.82) is 0 Å². The predicted molar refractivity (Wildman–Crippen MR) is 160 cm³/mol. The van der Waals surface area contributed by atoms with Crippen LogP contribution >= 0.6 is 11.6 Å². The number of alkyl halides is 3. The molecule has 0 atom stereocenters. The molecule has 5 rings (SSSR count). The molecule has 0 spiro atoms. The summed E-state index contributed by atoms with van der Waals surface area (Å²) < 4.78 is 43.7. The largest absolute Gasteiger partial charge is 0.416 e. The summed E-state index contributed by atoms with van der Waals surface area (Å²) in [5, 5.41) is 7.89. The average Bonchev–Trinajstić information content (AvgIpc) is 3.34. The number of carbonyl (C=O) groups is 1. The van der Waals surface area contributed by atoms with Crippen LogP contribution in [0.5, 0.6) is 0 Å². The van der Waals surface area contributed by atoms with Gasteiger partial charge in [-0.3, -0.25) is 9.69 Å². The smallest absolute Gasteiger partial charge is 0.383 e. The van der Waals surface area contributed by atoms with E-state index in [9.17, 15) is 18.0 Å². The Morgan fingerprint density at radius 1 is 1.09 bits per heavy atom. The van der Waals surface area contributed by atoms with Gasteiger partial charge in [0.25, 0.3) is 5.91 Å². The van der Waals surface area contributed by atoms with Gasteiger partial charge in [-0.05, 0) is 62.7 Å². The van der Waals surface area contributed by atoms with E-state index in [4.69, 9.17) is 17.3 Å². The topological polar surface area (TPSA) is 105 Å². The number of amides is 1. The molecule has 4 aromatic rings. The SMILES string of the molecule is CC(C)n1nc(C#Cc2cc(C(=O)Nc3ccc(CN4CCN(C)CC4)c(C(F)(F)F)c3)ccc2Cl)c2c(N)ncnc21. The highest BCUT2D eigenvalue weighted by atomic mass is 35.5. The van der Waals surface area contributed by atoms with Gasteiger partial charge < -0.3 is 16.0 Å². The lowest BCUT2D eigenvalue weighted by atomic mass is 10.0. The van der Waals surface area contributed by atoms with E-state index in [0.29, 0.717) is 35.4 Å². The van der Waals surface area contributed by atoms with E-state index in [1.807, 2.05) is 25.8 Å². The van der Waals surface area contributed by atoms with E-state index < -0.39 is 17.6 Å². The molecule has 1 amide bonds. The number of halogens is 4. The number of nitrogens with two attached hydrogens (primary N) is 1. The van der Waals surface area contributed by atoms with Crippen molar-refractivity contribution < 1.29 is 18.0 Å². The molecule has 3 N–H and O–H groups in total. The number of nitrogens with zero attached hydrogens (tertiary/aromatic N) is 6. The highest BCUT2D eigenvalue weighted by molar-refractivity contribution is 6.32. The van der Waals surface area contributed by atoms with E-state index in [1.54, 1.807) is 4.68 Å². The van der Waals surface area contributed by atoms with Crippen LogP contribution in [0.4, 0.5) is 24.7 Å². The Morgan fingerprint density at radius 2 is 1.84 bits per heavy atom. The summed E-state index contributed by atoms with van der Waals surface area (Å²) in [6.45, 7) is 7.03. The molecule has 0 unspecified atom stereocenters. The predicted octanol–water partition coefficient (Wildman–Crippen LogP) is 5.06. The van der Waals surface area contributed by atoms with Crippen molar-refractivity contribution in [3.63, 3.8) is 0 Å². The van der Waals surface area contributed by atoms with E-state index in [-0.39, 0.29) is 40.2 Å². The molecule has 2 aromatic carbocycles. The highest BCUT2D eigenvalue weighted by Gasteiger charge is 2.34. The summed E-state index contributed by atoms with van der Waals surface area (Å²) in [6, 6.07) is 8.32. The fourth-order valence-corrected chi connectivity index (χ4v) is 5.00. The fourth-order valence-electron chi connectivity index (χ4n) is 4.84. The minimum Gasteiger partial charge on any atom is -0.383 e. The maximum atomic E-state index is 14.0. The third kappa shape index (κ3) is 6.74. The van der Waals surface area contributed by atoms with Crippen LogP contribution in [0.2, 0.25) is 5.02 Å². The van der Waals surface area contributed by atoms with Crippen LogP contribution in [0.1, 0.15) is 52.6 Å². The Hall–Kier alpha value is -4.18. The molecule has 0 aliphatic carbocycles. The van der Waals surface area contributed by atoms with Crippen molar-refractivity contribution in [3.05, 3.63) is 75.7 Å². The lowest BCUT2D eigenvalue weighted by Gasteiger charge is -2.33. The maximum absolute atomic E-state index is 14.0. The quantitative estimate of drug-likeness (QED) is 0.304. The molecule has 0 radical (unpaired) electrons. The summed E-state index contributed by atoms with van der Waals surface area (Å²) in [5.74, 6) is 5.51. The second kappa shape index (κ2) is 12.2. The van der Waals surface area contributed by atoms with Crippen molar-refractivity contribution >= 4 is 40.0 Å². The van der Waals surface area contributed by atoms with Crippen molar-refractivity contribution in [2.75, 3.05) is 44.3 Å². The number of aromatic nitrogens is 4. The Balaban J connectivity index is 1.39. The molecular formula is C30H30ClF3N8O. The van der Waals surface area contributed by atoms with Gasteiger partial charge in [0.15, 0.2) is 5.65 Å². The first kappa shape index (κ1) is 30.3. The Kier molecular flexibility index (Phi) is 8.59. The van der Waals surface area contributed by atoms with Crippen LogP contribution in [-0.2, 0) is 12.7 Å².